The fourth-order valence-electron chi connectivity index (χ4n) is 2.20. The van der Waals surface area contributed by atoms with Crippen LogP contribution in [-0.4, -0.2) is 4.98 Å². The van der Waals surface area contributed by atoms with Crippen LogP contribution in [0, 0.1) is 17.1 Å². The van der Waals surface area contributed by atoms with Crippen LogP contribution in [0.3, 0.4) is 0 Å². The molecule has 0 bridgehead atoms. The molecule has 0 radical (unpaired) electrons. The third-order valence-electron chi connectivity index (χ3n) is 3.17. The Bertz CT molecular complexity index is 850. The molecule has 2 aromatic carbocycles. The lowest BCUT2D eigenvalue weighted by molar-refractivity contribution is 0.631. The minimum atomic E-state index is -0.425. The average molecular weight is 263 g/mol. The Balaban J connectivity index is 2.42. The van der Waals surface area contributed by atoms with Crippen molar-refractivity contribution >= 4 is 16.6 Å². The van der Waals surface area contributed by atoms with E-state index < -0.39 is 5.82 Å². The zero-order valence-corrected chi connectivity index (χ0v) is 10.5. The lowest BCUT2D eigenvalue weighted by Crippen LogP contribution is -2.00. The van der Waals surface area contributed by atoms with Crippen LogP contribution in [0.4, 0.5) is 10.1 Å². The molecule has 0 aliphatic rings. The Morgan fingerprint density at radius 1 is 1.05 bits per heavy atom. The molecule has 96 valence electrons. The fraction of sp³-hybridized carbons (Fsp3) is 0. The maximum Gasteiger partial charge on any atom is 0.132 e. The number of hydrogen-bond acceptors (Lipinski definition) is 3. The molecule has 0 spiro atoms. The summed E-state index contributed by atoms with van der Waals surface area (Å²) < 4.78 is 13.9. The molecule has 0 fully saturated rings. The summed E-state index contributed by atoms with van der Waals surface area (Å²) in [5.41, 5.74) is 7.76. The number of halogens is 1. The van der Waals surface area contributed by atoms with E-state index in [-0.39, 0.29) is 16.8 Å². The number of anilines is 1. The Hall–Kier alpha value is -2.93. The van der Waals surface area contributed by atoms with Gasteiger partial charge in [-0.1, -0.05) is 30.3 Å². The first-order valence-corrected chi connectivity index (χ1v) is 6.05. The van der Waals surface area contributed by atoms with E-state index in [9.17, 15) is 9.65 Å². The minimum Gasteiger partial charge on any atom is -0.397 e. The van der Waals surface area contributed by atoms with Crippen molar-refractivity contribution in [1.29, 1.82) is 5.26 Å². The summed E-state index contributed by atoms with van der Waals surface area (Å²) in [6.07, 6.45) is 0. The lowest BCUT2D eigenvalue weighted by atomic mass is 10.0. The SMILES string of the molecule is N#Cc1c(-c2ccccc2F)nc2ccccc2c1N. The number of rotatable bonds is 1. The van der Waals surface area contributed by atoms with E-state index >= 15 is 0 Å². The average Bonchev–Trinajstić information content (AvgIpc) is 2.48. The summed E-state index contributed by atoms with van der Waals surface area (Å²) in [6.45, 7) is 0. The summed E-state index contributed by atoms with van der Waals surface area (Å²) in [4.78, 5) is 4.40. The maximum atomic E-state index is 13.9. The number of benzene rings is 2. The molecule has 0 amide bonds. The van der Waals surface area contributed by atoms with Crippen molar-refractivity contribution < 1.29 is 4.39 Å². The second kappa shape index (κ2) is 4.63. The number of para-hydroxylation sites is 1. The van der Waals surface area contributed by atoms with Crippen molar-refractivity contribution in [2.24, 2.45) is 0 Å². The largest absolute Gasteiger partial charge is 0.397 e. The van der Waals surface area contributed by atoms with E-state index in [1.54, 1.807) is 30.3 Å². The van der Waals surface area contributed by atoms with Gasteiger partial charge in [-0.2, -0.15) is 5.26 Å². The standard InChI is InChI=1S/C16H10FN3/c17-13-7-3-1-5-10(13)16-12(9-18)15(19)11-6-2-4-8-14(11)20-16/h1-8H,(H2,19,20). The van der Waals surface area contributed by atoms with E-state index in [0.717, 1.165) is 0 Å². The predicted octanol–water partition coefficient (Wildman–Crippen LogP) is 3.49. The molecule has 0 unspecified atom stereocenters. The van der Waals surface area contributed by atoms with Crippen molar-refractivity contribution in [2.75, 3.05) is 5.73 Å². The number of aromatic nitrogens is 1. The smallest absolute Gasteiger partial charge is 0.132 e. The molecule has 3 aromatic rings. The molecular weight excluding hydrogens is 253 g/mol. The summed E-state index contributed by atoms with van der Waals surface area (Å²) >= 11 is 0. The Kier molecular flexibility index (Phi) is 2.81. The third-order valence-corrected chi connectivity index (χ3v) is 3.17. The van der Waals surface area contributed by atoms with Gasteiger partial charge in [0.05, 0.1) is 16.9 Å². The second-order valence-electron chi connectivity index (χ2n) is 4.36. The molecule has 1 heterocycles. The first-order valence-electron chi connectivity index (χ1n) is 6.05. The molecule has 0 atom stereocenters. The summed E-state index contributed by atoms with van der Waals surface area (Å²) in [5.74, 6) is -0.425. The van der Waals surface area contributed by atoms with Crippen LogP contribution in [-0.2, 0) is 0 Å². The molecular formula is C16H10FN3. The zero-order valence-electron chi connectivity index (χ0n) is 10.5. The molecule has 0 aliphatic heterocycles. The first kappa shape index (κ1) is 12.1. The highest BCUT2D eigenvalue weighted by molar-refractivity contribution is 5.96. The van der Waals surface area contributed by atoms with Crippen LogP contribution in [0.15, 0.2) is 48.5 Å². The van der Waals surface area contributed by atoms with E-state index in [1.807, 2.05) is 18.2 Å². The van der Waals surface area contributed by atoms with Gasteiger partial charge in [0.2, 0.25) is 0 Å². The van der Waals surface area contributed by atoms with Crippen LogP contribution < -0.4 is 5.73 Å². The van der Waals surface area contributed by atoms with E-state index in [0.29, 0.717) is 16.6 Å². The van der Waals surface area contributed by atoms with Gasteiger partial charge >= 0.3 is 0 Å². The van der Waals surface area contributed by atoms with E-state index in [4.69, 9.17) is 5.73 Å². The van der Waals surface area contributed by atoms with Gasteiger partial charge in [-0.3, -0.25) is 0 Å². The molecule has 0 saturated heterocycles. The van der Waals surface area contributed by atoms with Crippen molar-refractivity contribution in [3.63, 3.8) is 0 Å². The number of pyridine rings is 1. The number of nitrogens with two attached hydrogens (primary N) is 1. The van der Waals surface area contributed by atoms with Crippen molar-refractivity contribution in [2.45, 2.75) is 0 Å². The molecule has 0 saturated carbocycles. The number of nitriles is 1. The number of fused-ring (bicyclic) bond motifs is 1. The van der Waals surface area contributed by atoms with Gasteiger partial charge in [0.15, 0.2) is 0 Å². The van der Waals surface area contributed by atoms with Gasteiger partial charge in [0.1, 0.15) is 17.4 Å². The van der Waals surface area contributed by atoms with Crippen LogP contribution >= 0.6 is 0 Å². The lowest BCUT2D eigenvalue weighted by Gasteiger charge is -2.10. The van der Waals surface area contributed by atoms with Crippen molar-refractivity contribution in [3.05, 3.63) is 59.9 Å². The molecule has 3 nitrogen and oxygen atoms in total. The third kappa shape index (κ3) is 1.77. The summed E-state index contributed by atoms with van der Waals surface area (Å²) in [7, 11) is 0. The van der Waals surface area contributed by atoms with Gasteiger partial charge in [0, 0.05) is 10.9 Å². The summed E-state index contributed by atoms with van der Waals surface area (Å²) in [5, 5.41) is 10.0. The van der Waals surface area contributed by atoms with Crippen molar-refractivity contribution in [1.82, 2.24) is 4.98 Å². The van der Waals surface area contributed by atoms with Crippen LogP contribution in [0.2, 0.25) is 0 Å². The normalized spacial score (nSPS) is 10.4. The van der Waals surface area contributed by atoms with Gasteiger partial charge in [-0.05, 0) is 18.2 Å². The molecule has 4 heteroatoms. The molecule has 0 aliphatic carbocycles. The maximum absolute atomic E-state index is 13.9. The fourth-order valence-corrected chi connectivity index (χ4v) is 2.20. The van der Waals surface area contributed by atoms with E-state index in [1.165, 1.54) is 6.07 Å². The topological polar surface area (TPSA) is 62.7 Å². The monoisotopic (exact) mass is 263 g/mol. The van der Waals surface area contributed by atoms with Gasteiger partial charge < -0.3 is 5.73 Å². The second-order valence-corrected chi connectivity index (χ2v) is 4.36. The molecule has 1 aromatic heterocycles. The Morgan fingerprint density at radius 3 is 2.50 bits per heavy atom. The predicted molar refractivity (Wildman–Crippen MR) is 76.3 cm³/mol. The van der Waals surface area contributed by atoms with Crippen LogP contribution in [0.25, 0.3) is 22.2 Å². The highest BCUT2D eigenvalue weighted by atomic mass is 19.1. The van der Waals surface area contributed by atoms with Crippen LogP contribution in [0.5, 0.6) is 0 Å². The molecule has 3 rings (SSSR count). The van der Waals surface area contributed by atoms with Gasteiger partial charge in [0.25, 0.3) is 0 Å². The Labute approximate surface area is 115 Å². The zero-order chi connectivity index (χ0) is 14.1. The highest BCUT2D eigenvalue weighted by Crippen LogP contribution is 2.32. The van der Waals surface area contributed by atoms with Gasteiger partial charge in [-0.15, -0.1) is 0 Å². The van der Waals surface area contributed by atoms with E-state index in [2.05, 4.69) is 4.98 Å². The number of hydrogen-bond donors (Lipinski definition) is 1. The molecule has 20 heavy (non-hydrogen) atoms. The first-order chi connectivity index (χ1) is 9.72. The number of nitrogens with zero attached hydrogens (tertiary/aromatic N) is 2. The molecule has 2 N–H and O–H groups in total. The Morgan fingerprint density at radius 2 is 1.75 bits per heavy atom. The van der Waals surface area contributed by atoms with Crippen LogP contribution in [0.1, 0.15) is 5.56 Å². The quantitative estimate of drug-likeness (QED) is 0.731. The summed E-state index contributed by atoms with van der Waals surface area (Å²) in [6, 6.07) is 15.5. The van der Waals surface area contributed by atoms with Gasteiger partial charge in [-0.25, -0.2) is 9.37 Å². The number of nitrogen functional groups attached to an aromatic ring is 1. The highest BCUT2D eigenvalue weighted by Gasteiger charge is 2.16. The van der Waals surface area contributed by atoms with Crippen molar-refractivity contribution in [3.8, 4) is 17.3 Å². The minimum absolute atomic E-state index is 0.203.